The topological polar surface area (TPSA) is 69.6 Å². The summed E-state index contributed by atoms with van der Waals surface area (Å²) in [5.41, 5.74) is 0. The van der Waals surface area contributed by atoms with Crippen LogP contribution in [0.1, 0.15) is 64.2 Å². The van der Waals surface area contributed by atoms with Crippen LogP contribution in [0.25, 0.3) is 0 Å². The largest absolute Gasteiger partial charge is 0.481 e. The molecule has 0 bridgehead atoms. The van der Waals surface area contributed by atoms with E-state index in [1.807, 2.05) is 0 Å². The molecule has 2 rings (SSSR count). The lowest BCUT2D eigenvalue weighted by atomic mass is 9.89. The molecule has 23 heavy (non-hydrogen) atoms. The zero-order valence-corrected chi connectivity index (χ0v) is 14.3. The van der Waals surface area contributed by atoms with E-state index in [1.165, 1.54) is 12.8 Å². The van der Waals surface area contributed by atoms with Gasteiger partial charge in [-0.3, -0.25) is 14.5 Å². The van der Waals surface area contributed by atoms with Gasteiger partial charge in [-0.25, -0.2) is 0 Å². The van der Waals surface area contributed by atoms with E-state index in [9.17, 15) is 9.59 Å². The molecule has 0 radical (unpaired) electrons. The number of hydrogen-bond acceptors (Lipinski definition) is 4. The maximum absolute atomic E-state index is 12.6. The minimum absolute atomic E-state index is 0.0929. The molecule has 5 heteroatoms. The molecule has 0 spiro atoms. The van der Waals surface area contributed by atoms with Crippen molar-refractivity contribution in [3.05, 3.63) is 0 Å². The Bertz CT molecular complexity index is 380. The van der Waals surface area contributed by atoms with E-state index < -0.39 is 5.97 Å². The summed E-state index contributed by atoms with van der Waals surface area (Å²) in [6.07, 6.45) is 9.31. The summed E-state index contributed by atoms with van der Waals surface area (Å²) in [5, 5.41) is 12.1. The van der Waals surface area contributed by atoms with Gasteiger partial charge in [0.05, 0.1) is 6.04 Å². The number of hydrogen-bond donors (Lipinski definition) is 2. The highest BCUT2D eigenvalue weighted by Gasteiger charge is 2.28. The fourth-order valence-corrected chi connectivity index (χ4v) is 3.90. The van der Waals surface area contributed by atoms with Gasteiger partial charge in [0, 0.05) is 12.8 Å². The van der Waals surface area contributed by atoms with Crippen LogP contribution in [0, 0.1) is 5.92 Å². The number of carboxylic acids is 1. The highest BCUT2D eigenvalue weighted by Crippen LogP contribution is 2.23. The molecule has 2 aliphatic heterocycles. The van der Waals surface area contributed by atoms with Crippen molar-refractivity contribution in [3.8, 4) is 0 Å². The maximum Gasteiger partial charge on any atom is 0.303 e. The summed E-state index contributed by atoms with van der Waals surface area (Å²) in [6.45, 7) is 4.06. The maximum atomic E-state index is 12.6. The number of nitrogens with one attached hydrogen (secondary N) is 1. The van der Waals surface area contributed by atoms with Gasteiger partial charge in [0.2, 0.25) is 0 Å². The van der Waals surface area contributed by atoms with Crippen LogP contribution in [0.3, 0.4) is 0 Å². The molecule has 2 saturated heterocycles. The normalized spacial score (nSPS) is 23.7. The number of piperidine rings is 2. The van der Waals surface area contributed by atoms with E-state index in [0.29, 0.717) is 18.1 Å². The molecular weight excluding hydrogens is 292 g/mol. The molecule has 0 saturated carbocycles. The number of likely N-dealkylation sites (tertiary alicyclic amines) is 1. The summed E-state index contributed by atoms with van der Waals surface area (Å²) >= 11 is 0. The van der Waals surface area contributed by atoms with Gasteiger partial charge in [-0.15, -0.1) is 0 Å². The van der Waals surface area contributed by atoms with Gasteiger partial charge in [-0.2, -0.15) is 0 Å². The van der Waals surface area contributed by atoms with Gasteiger partial charge >= 0.3 is 5.97 Å². The predicted molar refractivity (Wildman–Crippen MR) is 90.5 cm³/mol. The number of unbranched alkanes of at least 4 members (excludes halogenated alkanes) is 1. The average molecular weight is 324 g/mol. The van der Waals surface area contributed by atoms with E-state index in [1.54, 1.807) is 0 Å². The quantitative estimate of drug-likeness (QED) is 0.638. The van der Waals surface area contributed by atoms with Crippen molar-refractivity contribution in [1.29, 1.82) is 0 Å². The zero-order valence-electron chi connectivity index (χ0n) is 14.3. The molecule has 0 aromatic heterocycles. The number of carbonyl (C=O) groups excluding carboxylic acids is 1. The zero-order chi connectivity index (χ0) is 16.5. The summed E-state index contributed by atoms with van der Waals surface area (Å²) in [6, 6.07) is 0.0929. The summed E-state index contributed by atoms with van der Waals surface area (Å²) in [7, 11) is 0. The monoisotopic (exact) mass is 324 g/mol. The van der Waals surface area contributed by atoms with Crippen molar-refractivity contribution in [2.24, 2.45) is 5.92 Å². The summed E-state index contributed by atoms with van der Waals surface area (Å²) in [5.74, 6) is 0.410. The molecule has 2 fully saturated rings. The lowest BCUT2D eigenvalue weighted by molar-refractivity contribution is -0.137. The Labute approximate surface area is 139 Å². The molecule has 1 atom stereocenters. The van der Waals surface area contributed by atoms with Crippen LogP contribution >= 0.6 is 0 Å². The Hall–Kier alpha value is -0.940. The number of Topliss-reactive ketones (excluding diaryl/α,β-unsaturated/α-hetero) is 1. The van der Waals surface area contributed by atoms with Gasteiger partial charge in [0.25, 0.3) is 0 Å². The minimum atomic E-state index is -0.724. The molecule has 0 aromatic rings. The third-order valence-electron chi connectivity index (χ3n) is 5.33. The highest BCUT2D eigenvalue weighted by atomic mass is 16.4. The second-order valence-electron chi connectivity index (χ2n) is 7.10. The second kappa shape index (κ2) is 10.0. The van der Waals surface area contributed by atoms with Crippen LogP contribution in [0.2, 0.25) is 0 Å². The molecular formula is C18H32N2O3. The third kappa shape index (κ3) is 6.60. The number of aliphatic carboxylic acids is 1. The Morgan fingerprint density at radius 3 is 2.57 bits per heavy atom. The molecule has 5 nitrogen and oxygen atoms in total. The molecule has 0 amide bonds. The number of nitrogens with zero attached hydrogens (tertiary/aromatic N) is 1. The molecule has 2 heterocycles. The minimum Gasteiger partial charge on any atom is -0.481 e. The first-order chi connectivity index (χ1) is 11.2. The number of carbonyl (C=O) groups is 2. The van der Waals surface area contributed by atoms with Crippen LogP contribution in [0.5, 0.6) is 0 Å². The van der Waals surface area contributed by atoms with Crippen molar-refractivity contribution in [3.63, 3.8) is 0 Å². The van der Waals surface area contributed by atoms with Gasteiger partial charge < -0.3 is 10.4 Å². The summed E-state index contributed by atoms with van der Waals surface area (Å²) < 4.78 is 0. The number of carboxylic acid groups (broad SMARTS) is 1. The molecule has 0 aliphatic carbocycles. The second-order valence-corrected chi connectivity index (χ2v) is 7.10. The fourth-order valence-electron chi connectivity index (χ4n) is 3.90. The molecule has 0 unspecified atom stereocenters. The van der Waals surface area contributed by atoms with E-state index in [4.69, 9.17) is 5.11 Å². The van der Waals surface area contributed by atoms with Crippen LogP contribution in [-0.4, -0.2) is 54.0 Å². The van der Waals surface area contributed by atoms with Crippen molar-refractivity contribution in [1.82, 2.24) is 10.2 Å². The Morgan fingerprint density at radius 2 is 1.83 bits per heavy atom. The number of rotatable bonds is 9. The van der Waals surface area contributed by atoms with E-state index in [-0.39, 0.29) is 12.5 Å². The predicted octanol–water partition coefficient (Wildman–Crippen LogP) is 2.44. The van der Waals surface area contributed by atoms with Crippen LogP contribution in [-0.2, 0) is 9.59 Å². The SMILES string of the molecule is O=C(O)CCCCN1CCCC[C@@H]1C(=O)CCC1CCNCC1. The Balaban J connectivity index is 1.72. The van der Waals surface area contributed by atoms with Crippen LogP contribution in [0.4, 0.5) is 0 Å². The molecule has 132 valence electrons. The lowest BCUT2D eigenvalue weighted by Gasteiger charge is -2.35. The molecule has 0 aromatic carbocycles. The fraction of sp³-hybridized carbons (Fsp3) is 0.889. The first-order valence-electron chi connectivity index (χ1n) is 9.36. The molecule has 2 N–H and O–H groups in total. The Kier molecular flexibility index (Phi) is 8.03. The van der Waals surface area contributed by atoms with Gasteiger partial charge in [0.1, 0.15) is 5.78 Å². The van der Waals surface area contributed by atoms with Gasteiger partial charge in [-0.1, -0.05) is 6.42 Å². The van der Waals surface area contributed by atoms with Crippen molar-refractivity contribution < 1.29 is 14.7 Å². The van der Waals surface area contributed by atoms with Crippen molar-refractivity contribution >= 4 is 11.8 Å². The third-order valence-corrected chi connectivity index (χ3v) is 5.33. The van der Waals surface area contributed by atoms with Crippen LogP contribution < -0.4 is 5.32 Å². The number of ketones is 1. The van der Waals surface area contributed by atoms with E-state index in [0.717, 1.165) is 64.7 Å². The first-order valence-corrected chi connectivity index (χ1v) is 9.36. The average Bonchev–Trinajstić information content (AvgIpc) is 2.58. The highest BCUT2D eigenvalue weighted by molar-refractivity contribution is 5.84. The molecule has 2 aliphatic rings. The van der Waals surface area contributed by atoms with Crippen molar-refractivity contribution in [2.75, 3.05) is 26.2 Å². The van der Waals surface area contributed by atoms with Crippen molar-refractivity contribution in [2.45, 2.75) is 70.3 Å². The van der Waals surface area contributed by atoms with E-state index >= 15 is 0 Å². The lowest BCUT2D eigenvalue weighted by Crippen LogP contribution is -2.45. The summed E-state index contributed by atoms with van der Waals surface area (Å²) in [4.78, 5) is 25.5. The Morgan fingerprint density at radius 1 is 1.04 bits per heavy atom. The van der Waals surface area contributed by atoms with Gasteiger partial charge in [0.15, 0.2) is 0 Å². The van der Waals surface area contributed by atoms with E-state index in [2.05, 4.69) is 10.2 Å². The van der Waals surface area contributed by atoms with Gasteiger partial charge in [-0.05, 0) is 77.0 Å². The van der Waals surface area contributed by atoms with Crippen LogP contribution in [0.15, 0.2) is 0 Å². The first kappa shape index (κ1) is 18.4. The standard InChI is InChI=1S/C18H32N2O3/c21-17(8-7-15-9-11-19-12-10-15)16-5-1-3-13-20(16)14-4-2-6-18(22)23/h15-16,19H,1-14H2,(H,22,23)/t16-/m1/s1. The smallest absolute Gasteiger partial charge is 0.303 e.